The van der Waals surface area contributed by atoms with Crippen LogP contribution < -0.4 is 5.32 Å². The molecule has 0 aromatic heterocycles. The molecule has 2 aromatic carbocycles. The van der Waals surface area contributed by atoms with E-state index in [0.717, 1.165) is 11.1 Å². The smallest absolute Gasteiger partial charge is 0.238 e. The molecule has 1 unspecified atom stereocenters. The van der Waals surface area contributed by atoms with E-state index in [9.17, 15) is 9.90 Å². The summed E-state index contributed by atoms with van der Waals surface area (Å²) in [4.78, 5) is 14.3. The van der Waals surface area contributed by atoms with Crippen molar-refractivity contribution in [2.75, 3.05) is 25.5 Å². The van der Waals surface area contributed by atoms with Crippen molar-refractivity contribution in [3.05, 3.63) is 64.7 Å². The van der Waals surface area contributed by atoms with Gasteiger partial charge in [0.2, 0.25) is 5.91 Å². The standard InChI is InChI=1S/C19H23ClN2O2/c1-14-7-6-10-16(20)19(14)21-18(24)13-22(2)17(11-12-23)15-8-4-3-5-9-15/h3-10,17,23H,11-13H2,1-2H3,(H,21,24). The molecule has 4 nitrogen and oxygen atoms in total. The molecule has 0 spiro atoms. The second kappa shape index (κ2) is 8.83. The maximum atomic E-state index is 12.4. The third-order valence-electron chi connectivity index (χ3n) is 4.00. The molecule has 24 heavy (non-hydrogen) atoms. The van der Waals surface area contributed by atoms with Crippen LogP contribution in [0.5, 0.6) is 0 Å². The fraction of sp³-hybridized carbons (Fsp3) is 0.316. The minimum Gasteiger partial charge on any atom is -0.396 e. The number of hydrogen-bond acceptors (Lipinski definition) is 3. The van der Waals surface area contributed by atoms with Gasteiger partial charge in [0.05, 0.1) is 17.3 Å². The predicted octanol–water partition coefficient (Wildman–Crippen LogP) is 3.64. The van der Waals surface area contributed by atoms with Crippen molar-refractivity contribution < 1.29 is 9.90 Å². The van der Waals surface area contributed by atoms with E-state index in [0.29, 0.717) is 17.1 Å². The minimum absolute atomic E-state index is 0.0192. The maximum Gasteiger partial charge on any atom is 0.238 e. The van der Waals surface area contributed by atoms with E-state index in [1.54, 1.807) is 6.07 Å². The molecule has 0 saturated heterocycles. The number of carbonyl (C=O) groups excluding carboxylic acids is 1. The summed E-state index contributed by atoms with van der Waals surface area (Å²) in [6.45, 7) is 2.18. The van der Waals surface area contributed by atoms with Gasteiger partial charge in [0, 0.05) is 12.6 Å². The number of hydrogen-bond donors (Lipinski definition) is 2. The van der Waals surface area contributed by atoms with E-state index < -0.39 is 0 Å². The fourth-order valence-corrected chi connectivity index (χ4v) is 3.01. The molecule has 128 valence electrons. The van der Waals surface area contributed by atoms with Crippen molar-refractivity contribution in [3.8, 4) is 0 Å². The Morgan fingerprint density at radius 2 is 1.92 bits per heavy atom. The quantitative estimate of drug-likeness (QED) is 0.804. The summed E-state index contributed by atoms with van der Waals surface area (Å²) >= 11 is 6.16. The van der Waals surface area contributed by atoms with Crippen LogP contribution in [0.3, 0.4) is 0 Å². The molecular weight excluding hydrogens is 324 g/mol. The Morgan fingerprint density at radius 1 is 1.21 bits per heavy atom. The van der Waals surface area contributed by atoms with Gasteiger partial charge in [0.15, 0.2) is 0 Å². The monoisotopic (exact) mass is 346 g/mol. The molecule has 0 bridgehead atoms. The van der Waals surface area contributed by atoms with Crippen LogP contribution in [0, 0.1) is 6.92 Å². The highest BCUT2D eigenvalue weighted by atomic mass is 35.5. The Balaban J connectivity index is 2.06. The summed E-state index contributed by atoms with van der Waals surface area (Å²) in [7, 11) is 1.88. The Hall–Kier alpha value is -1.88. The number of para-hydroxylation sites is 1. The van der Waals surface area contributed by atoms with Crippen LogP contribution in [0.1, 0.15) is 23.6 Å². The predicted molar refractivity (Wildman–Crippen MR) is 98.3 cm³/mol. The third-order valence-corrected chi connectivity index (χ3v) is 4.31. The first-order valence-corrected chi connectivity index (χ1v) is 8.31. The van der Waals surface area contributed by atoms with Crippen LogP contribution in [0.25, 0.3) is 0 Å². The van der Waals surface area contributed by atoms with Crippen LogP contribution in [-0.4, -0.2) is 36.1 Å². The first-order valence-electron chi connectivity index (χ1n) is 7.94. The Morgan fingerprint density at radius 3 is 2.54 bits per heavy atom. The van der Waals surface area contributed by atoms with Gasteiger partial charge in [0.1, 0.15) is 0 Å². The number of amides is 1. The van der Waals surface area contributed by atoms with E-state index in [4.69, 9.17) is 11.6 Å². The van der Waals surface area contributed by atoms with E-state index in [1.807, 2.05) is 61.3 Å². The van der Waals surface area contributed by atoms with Gasteiger partial charge in [-0.2, -0.15) is 0 Å². The van der Waals surface area contributed by atoms with Gasteiger partial charge in [-0.3, -0.25) is 9.69 Å². The second-order valence-corrected chi connectivity index (χ2v) is 6.24. The SMILES string of the molecule is Cc1cccc(Cl)c1NC(=O)CN(C)C(CCO)c1ccccc1. The van der Waals surface area contributed by atoms with Gasteiger partial charge in [-0.25, -0.2) is 0 Å². The number of nitrogens with one attached hydrogen (secondary N) is 1. The van der Waals surface area contributed by atoms with Gasteiger partial charge in [-0.1, -0.05) is 54.1 Å². The fourth-order valence-electron chi connectivity index (χ4n) is 2.74. The number of aliphatic hydroxyl groups excluding tert-OH is 1. The number of likely N-dealkylation sites (N-methyl/N-ethyl adjacent to an activating group) is 1. The number of nitrogens with zero attached hydrogens (tertiary/aromatic N) is 1. The molecular formula is C19H23ClN2O2. The van der Waals surface area contributed by atoms with Gasteiger partial charge >= 0.3 is 0 Å². The molecule has 0 fully saturated rings. The molecule has 0 aliphatic carbocycles. The van der Waals surface area contributed by atoms with Crippen molar-refractivity contribution in [3.63, 3.8) is 0 Å². The number of benzene rings is 2. The molecule has 0 radical (unpaired) electrons. The lowest BCUT2D eigenvalue weighted by atomic mass is 10.0. The van der Waals surface area contributed by atoms with E-state index in [2.05, 4.69) is 5.32 Å². The maximum absolute atomic E-state index is 12.4. The molecule has 2 aromatic rings. The molecule has 2 N–H and O–H groups in total. The Bertz CT molecular complexity index is 656. The molecule has 0 aliphatic heterocycles. The molecule has 0 saturated carbocycles. The zero-order valence-electron chi connectivity index (χ0n) is 14.0. The van der Waals surface area contributed by atoms with Crippen LogP contribution in [0.15, 0.2) is 48.5 Å². The summed E-state index contributed by atoms with van der Waals surface area (Å²) in [5.41, 5.74) is 2.65. The lowest BCUT2D eigenvalue weighted by Crippen LogP contribution is -2.34. The van der Waals surface area contributed by atoms with Crippen molar-refractivity contribution in [1.29, 1.82) is 0 Å². The largest absolute Gasteiger partial charge is 0.396 e. The average molecular weight is 347 g/mol. The molecule has 0 aliphatic rings. The number of aryl methyl sites for hydroxylation is 1. The lowest BCUT2D eigenvalue weighted by Gasteiger charge is -2.27. The zero-order valence-corrected chi connectivity index (χ0v) is 14.8. The van der Waals surface area contributed by atoms with Gasteiger partial charge < -0.3 is 10.4 Å². The Kier molecular flexibility index (Phi) is 6.79. The van der Waals surface area contributed by atoms with Crippen LogP contribution >= 0.6 is 11.6 Å². The summed E-state index contributed by atoms with van der Waals surface area (Å²) in [6.07, 6.45) is 0.568. The average Bonchev–Trinajstić information content (AvgIpc) is 2.57. The summed E-state index contributed by atoms with van der Waals surface area (Å²) in [6, 6.07) is 15.4. The first kappa shape index (κ1) is 18.5. The van der Waals surface area contributed by atoms with Crippen molar-refractivity contribution in [2.45, 2.75) is 19.4 Å². The number of rotatable bonds is 7. The summed E-state index contributed by atoms with van der Waals surface area (Å²) in [5, 5.41) is 12.8. The van der Waals surface area contributed by atoms with E-state index in [-0.39, 0.29) is 25.1 Å². The van der Waals surface area contributed by atoms with Crippen LogP contribution in [0.4, 0.5) is 5.69 Å². The highest BCUT2D eigenvalue weighted by molar-refractivity contribution is 6.33. The molecule has 1 amide bonds. The van der Waals surface area contributed by atoms with Crippen LogP contribution in [-0.2, 0) is 4.79 Å². The number of anilines is 1. The highest BCUT2D eigenvalue weighted by Crippen LogP contribution is 2.26. The minimum atomic E-state index is -0.132. The summed E-state index contributed by atoms with van der Waals surface area (Å²) < 4.78 is 0. The number of carbonyl (C=O) groups is 1. The molecule has 1 atom stereocenters. The first-order chi connectivity index (χ1) is 11.5. The normalized spacial score (nSPS) is 12.2. The topological polar surface area (TPSA) is 52.6 Å². The summed E-state index contributed by atoms with van der Waals surface area (Å²) in [5.74, 6) is -0.132. The van der Waals surface area contributed by atoms with Gasteiger partial charge in [-0.05, 0) is 37.6 Å². The molecule has 0 heterocycles. The molecule has 2 rings (SSSR count). The van der Waals surface area contributed by atoms with Crippen molar-refractivity contribution in [2.24, 2.45) is 0 Å². The van der Waals surface area contributed by atoms with Crippen molar-refractivity contribution >= 4 is 23.2 Å². The third kappa shape index (κ3) is 4.81. The van der Waals surface area contributed by atoms with E-state index in [1.165, 1.54) is 0 Å². The van der Waals surface area contributed by atoms with Gasteiger partial charge in [-0.15, -0.1) is 0 Å². The van der Waals surface area contributed by atoms with E-state index >= 15 is 0 Å². The second-order valence-electron chi connectivity index (χ2n) is 5.83. The number of aliphatic hydroxyl groups is 1. The van der Waals surface area contributed by atoms with Crippen molar-refractivity contribution in [1.82, 2.24) is 4.90 Å². The highest BCUT2D eigenvalue weighted by Gasteiger charge is 2.19. The Labute approximate surface area is 148 Å². The van der Waals surface area contributed by atoms with Gasteiger partial charge in [0.25, 0.3) is 0 Å². The zero-order chi connectivity index (χ0) is 17.5. The lowest BCUT2D eigenvalue weighted by molar-refractivity contribution is -0.117. The van der Waals surface area contributed by atoms with Crippen LogP contribution in [0.2, 0.25) is 5.02 Å². The molecule has 5 heteroatoms. The number of halogens is 1.